The van der Waals surface area contributed by atoms with Gasteiger partial charge in [-0.1, -0.05) is 43.7 Å². The summed E-state index contributed by atoms with van der Waals surface area (Å²) in [5.74, 6) is 0.560. The number of halogens is 3. The molecule has 19 heavy (non-hydrogen) atoms. The number of rotatable bonds is 6. The van der Waals surface area contributed by atoms with E-state index in [2.05, 4.69) is 12.2 Å². The van der Waals surface area contributed by atoms with Gasteiger partial charge in [0.1, 0.15) is 0 Å². The van der Waals surface area contributed by atoms with Crippen LogP contribution in [-0.2, 0) is 0 Å². The van der Waals surface area contributed by atoms with E-state index >= 15 is 0 Å². The molecule has 0 saturated heterocycles. The molecule has 0 bridgehead atoms. The molecule has 0 spiro atoms. The van der Waals surface area contributed by atoms with Gasteiger partial charge in [0, 0.05) is 12.1 Å². The molecule has 3 unspecified atom stereocenters. The highest BCUT2D eigenvalue weighted by Crippen LogP contribution is 2.38. The Morgan fingerprint density at radius 2 is 1.95 bits per heavy atom. The number of benzene rings is 1. The van der Waals surface area contributed by atoms with Crippen LogP contribution >= 0.6 is 0 Å². The van der Waals surface area contributed by atoms with Crippen molar-refractivity contribution in [3.63, 3.8) is 0 Å². The third kappa shape index (κ3) is 4.53. The molecule has 0 amide bonds. The van der Waals surface area contributed by atoms with Crippen LogP contribution in [0.4, 0.5) is 13.2 Å². The zero-order valence-electron chi connectivity index (χ0n) is 11.1. The largest absolute Gasteiger partial charge is 0.390 e. The van der Waals surface area contributed by atoms with Crippen molar-refractivity contribution in [2.45, 2.75) is 50.9 Å². The van der Waals surface area contributed by atoms with Gasteiger partial charge >= 0.3 is 6.18 Å². The number of hydrogen-bond acceptors (Lipinski definition) is 1. The van der Waals surface area contributed by atoms with Crippen LogP contribution in [0.15, 0.2) is 30.3 Å². The standard InChI is InChI=1S/C15H20F3N/c1-2-6-12-9-13(12)19-14(10-15(16,17)18)11-7-4-3-5-8-11/h3-5,7-8,12-14,19H,2,6,9-10H2,1H3. The van der Waals surface area contributed by atoms with Crippen LogP contribution in [0.2, 0.25) is 0 Å². The number of alkyl halides is 3. The van der Waals surface area contributed by atoms with E-state index in [1.807, 2.05) is 6.07 Å². The van der Waals surface area contributed by atoms with Crippen LogP contribution in [0.5, 0.6) is 0 Å². The zero-order chi connectivity index (χ0) is 13.9. The molecule has 0 heterocycles. The van der Waals surface area contributed by atoms with E-state index in [4.69, 9.17) is 0 Å². The maximum absolute atomic E-state index is 12.7. The van der Waals surface area contributed by atoms with Crippen LogP contribution < -0.4 is 5.32 Å². The molecule has 1 nitrogen and oxygen atoms in total. The fraction of sp³-hybridized carbons (Fsp3) is 0.600. The molecule has 1 N–H and O–H groups in total. The van der Waals surface area contributed by atoms with Gasteiger partial charge in [0.2, 0.25) is 0 Å². The molecule has 1 aromatic rings. The molecule has 106 valence electrons. The first-order valence-electron chi connectivity index (χ1n) is 6.87. The molecule has 2 rings (SSSR count). The second kappa shape index (κ2) is 5.95. The van der Waals surface area contributed by atoms with E-state index in [0.29, 0.717) is 5.92 Å². The second-order valence-corrected chi connectivity index (χ2v) is 5.34. The summed E-state index contributed by atoms with van der Waals surface area (Å²) in [6, 6.07) is 8.57. The molecule has 1 fully saturated rings. The average molecular weight is 271 g/mol. The SMILES string of the molecule is CCCC1CC1NC(CC(F)(F)F)c1ccccc1. The minimum atomic E-state index is -4.14. The Morgan fingerprint density at radius 3 is 2.53 bits per heavy atom. The summed E-state index contributed by atoms with van der Waals surface area (Å²) < 4.78 is 38.0. The van der Waals surface area contributed by atoms with E-state index in [1.165, 1.54) is 0 Å². The van der Waals surface area contributed by atoms with Crippen LogP contribution in [0.3, 0.4) is 0 Å². The van der Waals surface area contributed by atoms with Gasteiger partial charge in [-0.2, -0.15) is 13.2 Å². The monoisotopic (exact) mass is 271 g/mol. The van der Waals surface area contributed by atoms with E-state index in [0.717, 1.165) is 24.8 Å². The summed E-state index contributed by atoms with van der Waals surface area (Å²) in [7, 11) is 0. The summed E-state index contributed by atoms with van der Waals surface area (Å²) >= 11 is 0. The third-order valence-electron chi connectivity index (χ3n) is 3.63. The van der Waals surface area contributed by atoms with Crippen molar-refractivity contribution in [2.24, 2.45) is 5.92 Å². The first-order chi connectivity index (χ1) is 8.99. The van der Waals surface area contributed by atoms with Gasteiger partial charge in [0.25, 0.3) is 0 Å². The van der Waals surface area contributed by atoms with Crippen molar-refractivity contribution in [3.05, 3.63) is 35.9 Å². The third-order valence-corrected chi connectivity index (χ3v) is 3.63. The minimum absolute atomic E-state index is 0.257. The highest BCUT2D eigenvalue weighted by Gasteiger charge is 2.40. The smallest absolute Gasteiger partial charge is 0.307 e. The summed E-state index contributed by atoms with van der Waals surface area (Å²) in [6.45, 7) is 2.11. The molecule has 0 aromatic heterocycles. The lowest BCUT2D eigenvalue weighted by Gasteiger charge is -2.21. The Morgan fingerprint density at radius 1 is 1.26 bits per heavy atom. The van der Waals surface area contributed by atoms with Crippen LogP contribution in [0.25, 0.3) is 0 Å². The predicted octanol–water partition coefficient (Wildman–Crippen LogP) is 4.46. The van der Waals surface area contributed by atoms with Crippen LogP contribution in [-0.4, -0.2) is 12.2 Å². The fourth-order valence-electron chi connectivity index (χ4n) is 2.59. The Hall–Kier alpha value is -1.03. The molecular weight excluding hydrogens is 251 g/mol. The lowest BCUT2D eigenvalue weighted by Crippen LogP contribution is -2.29. The summed E-state index contributed by atoms with van der Waals surface area (Å²) in [4.78, 5) is 0. The van der Waals surface area contributed by atoms with E-state index in [1.54, 1.807) is 24.3 Å². The zero-order valence-corrected chi connectivity index (χ0v) is 11.1. The molecule has 1 aliphatic carbocycles. The Labute approximate surface area is 112 Å². The number of nitrogens with one attached hydrogen (secondary N) is 1. The second-order valence-electron chi connectivity index (χ2n) is 5.34. The number of hydrogen-bond donors (Lipinski definition) is 1. The lowest BCUT2D eigenvalue weighted by atomic mass is 10.0. The topological polar surface area (TPSA) is 12.0 Å². The molecule has 4 heteroatoms. The molecule has 1 aromatic carbocycles. The molecule has 1 aliphatic rings. The molecule has 0 aliphatic heterocycles. The van der Waals surface area contributed by atoms with Gasteiger partial charge in [0.15, 0.2) is 0 Å². The Balaban J connectivity index is 1.99. The maximum atomic E-state index is 12.7. The molecule has 1 saturated carbocycles. The van der Waals surface area contributed by atoms with Crippen LogP contribution in [0, 0.1) is 5.92 Å². The van der Waals surface area contributed by atoms with Gasteiger partial charge in [-0.25, -0.2) is 0 Å². The first-order valence-corrected chi connectivity index (χ1v) is 6.87. The van der Waals surface area contributed by atoms with Crippen LogP contribution in [0.1, 0.15) is 44.2 Å². The van der Waals surface area contributed by atoms with Crippen molar-refractivity contribution in [3.8, 4) is 0 Å². The summed E-state index contributed by atoms with van der Waals surface area (Å²) in [5.41, 5.74) is 0.724. The highest BCUT2D eigenvalue weighted by molar-refractivity contribution is 5.20. The average Bonchev–Trinajstić information content (AvgIpc) is 3.06. The highest BCUT2D eigenvalue weighted by atomic mass is 19.4. The summed E-state index contributed by atoms with van der Waals surface area (Å²) in [6.07, 6.45) is -1.73. The van der Waals surface area contributed by atoms with E-state index < -0.39 is 18.6 Å². The Kier molecular flexibility index (Phi) is 4.50. The molecule has 0 radical (unpaired) electrons. The quantitative estimate of drug-likeness (QED) is 0.805. The summed E-state index contributed by atoms with van der Waals surface area (Å²) in [5, 5.41) is 3.18. The van der Waals surface area contributed by atoms with Crippen molar-refractivity contribution in [1.29, 1.82) is 0 Å². The molecule has 3 atom stereocenters. The fourth-order valence-corrected chi connectivity index (χ4v) is 2.59. The van der Waals surface area contributed by atoms with Gasteiger partial charge in [-0.15, -0.1) is 0 Å². The van der Waals surface area contributed by atoms with Gasteiger partial charge in [-0.05, 0) is 24.3 Å². The van der Waals surface area contributed by atoms with Crippen molar-refractivity contribution < 1.29 is 13.2 Å². The Bertz CT molecular complexity index is 388. The van der Waals surface area contributed by atoms with Gasteiger partial charge in [0.05, 0.1) is 6.42 Å². The van der Waals surface area contributed by atoms with Crippen molar-refractivity contribution >= 4 is 0 Å². The van der Waals surface area contributed by atoms with Crippen molar-refractivity contribution in [2.75, 3.05) is 0 Å². The minimum Gasteiger partial charge on any atom is -0.307 e. The van der Waals surface area contributed by atoms with E-state index in [9.17, 15) is 13.2 Å². The normalized spacial score (nSPS) is 24.2. The predicted molar refractivity (Wildman–Crippen MR) is 69.8 cm³/mol. The first kappa shape index (κ1) is 14.4. The maximum Gasteiger partial charge on any atom is 0.390 e. The van der Waals surface area contributed by atoms with E-state index in [-0.39, 0.29) is 6.04 Å². The van der Waals surface area contributed by atoms with Gasteiger partial charge < -0.3 is 5.32 Å². The lowest BCUT2D eigenvalue weighted by molar-refractivity contribution is -0.140. The molecular formula is C15H20F3N. The van der Waals surface area contributed by atoms with Gasteiger partial charge in [-0.3, -0.25) is 0 Å². The van der Waals surface area contributed by atoms with Crippen molar-refractivity contribution in [1.82, 2.24) is 5.32 Å².